The Morgan fingerprint density at radius 3 is 2.75 bits per heavy atom. The van der Waals surface area contributed by atoms with Crippen LogP contribution in [0, 0.1) is 0 Å². The molecule has 0 aliphatic heterocycles. The summed E-state index contributed by atoms with van der Waals surface area (Å²) in [6.07, 6.45) is 0.368. The Bertz CT molecular complexity index is 293. The molecular weight excluding hydrogens is 180 g/mol. The molecule has 0 saturated carbocycles. The normalized spacial score (nSPS) is 9.42. The number of nitrogens with one attached hydrogen (secondary N) is 1. The zero-order chi connectivity index (χ0) is 9.14. The molecule has 1 aromatic rings. The molecule has 1 aromatic heterocycles. The van der Waals surface area contributed by atoms with Gasteiger partial charge in [0, 0.05) is 0 Å². The highest BCUT2D eigenvalue weighted by Crippen LogP contribution is 2.25. The molecule has 0 bridgehead atoms. The first kappa shape index (κ1) is 8.60. The van der Waals surface area contributed by atoms with E-state index in [0.717, 1.165) is 0 Å². The topological polar surface area (TPSA) is 101 Å². The number of thiol groups is 1. The van der Waals surface area contributed by atoms with Gasteiger partial charge in [0.15, 0.2) is 11.0 Å². The second-order valence-electron chi connectivity index (χ2n) is 1.87. The molecule has 0 saturated heterocycles. The first-order valence-corrected chi connectivity index (χ1v) is 3.35. The van der Waals surface area contributed by atoms with Gasteiger partial charge in [-0.05, 0) is 0 Å². The van der Waals surface area contributed by atoms with Crippen molar-refractivity contribution in [2.24, 2.45) is 0 Å². The number of aromatic hydroxyl groups is 1. The molecule has 7 heteroatoms. The summed E-state index contributed by atoms with van der Waals surface area (Å²) < 4.78 is 0. The highest BCUT2D eigenvalue weighted by Gasteiger charge is 2.08. The Labute approximate surface area is 73.2 Å². The summed E-state index contributed by atoms with van der Waals surface area (Å²) in [6, 6.07) is 0. The van der Waals surface area contributed by atoms with Crippen molar-refractivity contribution in [1.82, 2.24) is 9.97 Å². The molecule has 0 aliphatic carbocycles. The summed E-state index contributed by atoms with van der Waals surface area (Å²) in [7, 11) is 0. The van der Waals surface area contributed by atoms with Gasteiger partial charge < -0.3 is 16.2 Å². The van der Waals surface area contributed by atoms with Gasteiger partial charge in [-0.25, -0.2) is 4.98 Å². The fraction of sp³-hybridized carbons (Fsp3) is 0. The Kier molecular flexibility index (Phi) is 2.34. The number of hydrogen-bond donors (Lipinski definition) is 4. The van der Waals surface area contributed by atoms with E-state index in [9.17, 15) is 4.79 Å². The van der Waals surface area contributed by atoms with Gasteiger partial charge in [-0.15, -0.1) is 12.6 Å². The third-order valence-corrected chi connectivity index (χ3v) is 1.31. The van der Waals surface area contributed by atoms with E-state index in [0.29, 0.717) is 6.41 Å². The van der Waals surface area contributed by atoms with Gasteiger partial charge in [0.25, 0.3) is 0 Å². The fourth-order valence-corrected chi connectivity index (χ4v) is 0.854. The standard InChI is InChI=1S/C5H6N4O2S/c6-3-2(7-1-10)4(11)9-5(12)8-3/h1H,(H,7,10)(H4,6,8,9,11,12). The fourth-order valence-electron chi connectivity index (χ4n) is 0.651. The van der Waals surface area contributed by atoms with Gasteiger partial charge in [0.1, 0.15) is 5.69 Å². The minimum atomic E-state index is -0.403. The number of nitrogens with zero attached hydrogens (tertiary/aromatic N) is 2. The number of aromatic nitrogens is 2. The molecule has 0 atom stereocenters. The van der Waals surface area contributed by atoms with E-state index in [1.165, 1.54) is 0 Å². The number of amides is 1. The third-order valence-electron chi connectivity index (χ3n) is 1.11. The largest absolute Gasteiger partial charge is 0.492 e. The van der Waals surface area contributed by atoms with Gasteiger partial charge in [-0.3, -0.25) is 4.79 Å². The Balaban J connectivity index is 3.18. The molecule has 0 aromatic carbocycles. The van der Waals surface area contributed by atoms with Gasteiger partial charge >= 0.3 is 0 Å². The Morgan fingerprint density at radius 1 is 1.58 bits per heavy atom. The Morgan fingerprint density at radius 2 is 2.25 bits per heavy atom. The predicted octanol–water partition coefficient (Wildman–Crippen LogP) is -0.379. The molecule has 1 heterocycles. The second-order valence-corrected chi connectivity index (χ2v) is 2.27. The van der Waals surface area contributed by atoms with E-state index in [-0.39, 0.29) is 16.7 Å². The van der Waals surface area contributed by atoms with E-state index < -0.39 is 5.88 Å². The van der Waals surface area contributed by atoms with Crippen LogP contribution in [-0.2, 0) is 4.79 Å². The number of nitrogen functional groups attached to an aromatic ring is 1. The number of rotatable bonds is 2. The molecule has 4 N–H and O–H groups in total. The highest BCUT2D eigenvalue weighted by atomic mass is 32.1. The number of hydrogen-bond acceptors (Lipinski definition) is 6. The lowest BCUT2D eigenvalue weighted by Gasteiger charge is -2.04. The van der Waals surface area contributed by atoms with Gasteiger partial charge in [-0.2, -0.15) is 4.98 Å². The smallest absolute Gasteiger partial charge is 0.241 e. The molecule has 0 aliphatic rings. The predicted molar refractivity (Wildman–Crippen MR) is 45.0 cm³/mol. The number of carbonyl (C=O) groups is 1. The summed E-state index contributed by atoms with van der Waals surface area (Å²) in [5.74, 6) is -0.431. The first-order valence-electron chi connectivity index (χ1n) is 2.90. The summed E-state index contributed by atoms with van der Waals surface area (Å²) in [6.45, 7) is 0. The zero-order valence-electron chi connectivity index (χ0n) is 5.85. The van der Waals surface area contributed by atoms with Gasteiger partial charge in [-0.1, -0.05) is 0 Å². The lowest BCUT2D eigenvalue weighted by atomic mass is 10.4. The lowest BCUT2D eigenvalue weighted by Crippen LogP contribution is -2.03. The maximum atomic E-state index is 10.0. The van der Waals surface area contributed by atoms with Crippen LogP contribution in [0.4, 0.5) is 11.5 Å². The first-order chi connectivity index (χ1) is 5.65. The lowest BCUT2D eigenvalue weighted by molar-refractivity contribution is -0.105. The summed E-state index contributed by atoms with van der Waals surface area (Å²) in [4.78, 5) is 17.1. The zero-order valence-corrected chi connectivity index (χ0v) is 6.75. The van der Waals surface area contributed by atoms with E-state index in [2.05, 4.69) is 27.9 Å². The average Bonchev–Trinajstić information content (AvgIpc) is 1.96. The minimum Gasteiger partial charge on any atom is -0.492 e. The Hall–Kier alpha value is -1.50. The van der Waals surface area contributed by atoms with Crippen LogP contribution in [0.1, 0.15) is 0 Å². The van der Waals surface area contributed by atoms with Crippen LogP contribution >= 0.6 is 12.6 Å². The third kappa shape index (κ3) is 1.56. The van der Waals surface area contributed by atoms with Crippen molar-refractivity contribution >= 4 is 30.5 Å². The molecule has 0 radical (unpaired) electrons. The molecule has 6 nitrogen and oxygen atoms in total. The summed E-state index contributed by atoms with van der Waals surface area (Å²) in [5, 5.41) is 11.3. The van der Waals surface area contributed by atoms with Crippen LogP contribution in [0.15, 0.2) is 5.16 Å². The summed E-state index contributed by atoms with van der Waals surface area (Å²) in [5.41, 5.74) is 5.32. The van der Waals surface area contributed by atoms with Crippen LogP contribution in [0.25, 0.3) is 0 Å². The van der Waals surface area contributed by atoms with Crippen molar-refractivity contribution in [2.45, 2.75) is 5.16 Å². The van der Waals surface area contributed by atoms with Crippen LogP contribution in [0.2, 0.25) is 0 Å². The number of anilines is 2. The number of carbonyl (C=O) groups excluding carboxylic acids is 1. The quantitative estimate of drug-likeness (QED) is 0.286. The van der Waals surface area contributed by atoms with Crippen molar-refractivity contribution in [3.8, 4) is 5.88 Å². The summed E-state index contributed by atoms with van der Waals surface area (Å²) >= 11 is 3.76. The number of nitrogens with two attached hydrogens (primary N) is 1. The van der Waals surface area contributed by atoms with E-state index in [1.807, 2.05) is 0 Å². The maximum absolute atomic E-state index is 10.0. The van der Waals surface area contributed by atoms with Crippen molar-refractivity contribution in [2.75, 3.05) is 11.1 Å². The molecule has 1 rings (SSSR count). The van der Waals surface area contributed by atoms with Crippen LogP contribution in [-0.4, -0.2) is 21.5 Å². The van der Waals surface area contributed by atoms with E-state index >= 15 is 0 Å². The maximum Gasteiger partial charge on any atom is 0.241 e. The van der Waals surface area contributed by atoms with Crippen molar-refractivity contribution in [1.29, 1.82) is 0 Å². The monoisotopic (exact) mass is 186 g/mol. The van der Waals surface area contributed by atoms with Crippen LogP contribution in [0.3, 0.4) is 0 Å². The van der Waals surface area contributed by atoms with E-state index in [4.69, 9.17) is 10.8 Å². The second kappa shape index (κ2) is 3.26. The average molecular weight is 186 g/mol. The molecule has 1 amide bonds. The molecule has 12 heavy (non-hydrogen) atoms. The minimum absolute atomic E-state index is 0.0113. The van der Waals surface area contributed by atoms with Crippen molar-refractivity contribution < 1.29 is 9.90 Å². The highest BCUT2D eigenvalue weighted by molar-refractivity contribution is 7.80. The molecule has 64 valence electrons. The van der Waals surface area contributed by atoms with Crippen molar-refractivity contribution in [3.63, 3.8) is 0 Å². The molecule has 0 unspecified atom stereocenters. The van der Waals surface area contributed by atoms with Crippen LogP contribution in [0.5, 0.6) is 5.88 Å². The van der Waals surface area contributed by atoms with Crippen molar-refractivity contribution in [3.05, 3.63) is 0 Å². The molecule has 0 fully saturated rings. The van der Waals surface area contributed by atoms with E-state index in [1.54, 1.807) is 0 Å². The molecule has 0 spiro atoms. The molecular formula is C5H6N4O2S. The van der Waals surface area contributed by atoms with Gasteiger partial charge in [0.2, 0.25) is 12.3 Å². The SMILES string of the molecule is Nc1nc(S)nc(O)c1NC=O. The van der Waals surface area contributed by atoms with Gasteiger partial charge in [0.05, 0.1) is 0 Å². The van der Waals surface area contributed by atoms with Crippen LogP contribution < -0.4 is 11.1 Å².